The van der Waals surface area contributed by atoms with Gasteiger partial charge < -0.3 is 5.11 Å². The van der Waals surface area contributed by atoms with E-state index in [4.69, 9.17) is 5.11 Å². The van der Waals surface area contributed by atoms with Crippen molar-refractivity contribution in [1.82, 2.24) is 0 Å². The van der Waals surface area contributed by atoms with E-state index in [9.17, 15) is 9.59 Å². The van der Waals surface area contributed by atoms with E-state index in [1.165, 1.54) is 38.2 Å². The number of carbonyl (C=O) groups excluding carboxylic acids is 1. The van der Waals surface area contributed by atoms with Crippen molar-refractivity contribution in [3.05, 3.63) is 24.3 Å². The predicted molar refractivity (Wildman–Crippen MR) is 84.9 cm³/mol. The van der Waals surface area contributed by atoms with Crippen LogP contribution >= 0.6 is 0 Å². The summed E-state index contributed by atoms with van der Waals surface area (Å²) in [7, 11) is 0. The number of ketones is 1. The van der Waals surface area contributed by atoms with Crippen LogP contribution in [-0.4, -0.2) is 16.9 Å². The van der Waals surface area contributed by atoms with Crippen LogP contribution < -0.4 is 0 Å². The third-order valence-electron chi connectivity index (χ3n) is 2.56. The molecule has 0 bridgehead atoms. The number of hydrogen-bond donors (Lipinski definition) is 1. The second-order valence-electron chi connectivity index (χ2n) is 4.75. The van der Waals surface area contributed by atoms with Gasteiger partial charge in [-0.25, -0.2) is 4.79 Å². The minimum Gasteiger partial charge on any atom is -0.478 e. The van der Waals surface area contributed by atoms with Gasteiger partial charge in [-0.2, -0.15) is 0 Å². The zero-order valence-corrected chi connectivity index (χ0v) is 13.2. The highest BCUT2D eigenvalue weighted by Crippen LogP contribution is 1.99. The lowest BCUT2D eigenvalue weighted by atomic mass is 10.2. The lowest BCUT2D eigenvalue weighted by Crippen LogP contribution is -1.85. The van der Waals surface area contributed by atoms with E-state index in [-0.39, 0.29) is 5.78 Å². The van der Waals surface area contributed by atoms with Crippen LogP contribution in [0, 0.1) is 0 Å². The molecule has 1 N–H and O–H groups in total. The highest BCUT2D eigenvalue weighted by Gasteiger charge is 1.85. The molecule has 3 heteroatoms. The van der Waals surface area contributed by atoms with E-state index in [0.29, 0.717) is 0 Å². The van der Waals surface area contributed by atoms with Crippen molar-refractivity contribution in [2.45, 2.75) is 72.1 Å². The van der Waals surface area contributed by atoms with E-state index in [0.717, 1.165) is 19.3 Å². The first kappa shape index (κ1) is 20.9. The standard InChI is InChI=1S/C9H16O.C8H14O2/c1-3-4-5-6-7-8-9(2)10;1-2-3-4-5-6-7-8(9)10/h7-8H,3-6H2,1-2H3;6-7H,2-5H2,1H3,(H,9,10)/b;7-6+. The van der Waals surface area contributed by atoms with Gasteiger partial charge in [0.2, 0.25) is 0 Å². The summed E-state index contributed by atoms with van der Waals surface area (Å²) in [6.07, 6.45) is 15.6. The molecule has 0 rings (SSSR count). The SMILES string of the molecule is CCCCC/C=C/C(=O)O.CCCCCC=CC(C)=O. The van der Waals surface area contributed by atoms with Crippen molar-refractivity contribution < 1.29 is 14.7 Å². The third-order valence-corrected chi connectivity index (χ3v) is 2.56. The van der Waals surface area contributed by atoms with E-state index >= 15 is 0 Å². The van der Waals surface area contributed by atoms with Gasteiger partial charge in [0.25, 0.3) is 0 Å². The zero-order valence-electron chi connectivity index (χ0n) is 13.2. The maximum Gasteiger partial charge on any atom is 0.327 e. The van der Waals surface area contributed by atoms with Gasteiger partial charge in [-0.15, -0.1) is 0 Å². The molecule has 0 radical (unpaired) electrons. The van der Waals surface area contributed by atoms with Gasteiger partial charge >= 0.3 is 5.97 Å². The molecule has 0 spiro atoms. The van der Waals surface area contributed by atoms with E-state index < -0.39 is 5.97 Å². The van der Waals surface area contributed by atoms with Crippen molar-refractivity contribution in [3.63, 3.8) is 0 Å². The summed E-state index contributed by atoms with van der Waals surface area (Å²) in [6.45, 7) is 5.88. The molecule has 0 aliphatic carbocycles. The molecule has 0 saturated carbocycles. The van der Waals surface area contributed by atoms with E-state index in [1.54, 1.807) is 19.1 Å². The summed E-state index contributed by atoms with van der Waals surface area (Å²) in [5.74, 6) is -0.701. The van der Waals surface area contributed by atoms with Crippen molar-refractivity contribution >= 4 is 11.8 Å². The molecule has 0 aromatic heterocycles. The molecule has 0 amide bonds. The van der Waals surface area contributed by atoms with Crippen LogP contribution in [0.3, 0.4) is 0 Å². The van der Waals surface area contributed by atoms with Crippen molar-refractivity contribution in [1.29, 1.82) is 0 Å². The first-order chi connectivity index (χ1) is 9.54. The maximum absolute atomic E-state index is 10.4. The summed E-state index contributed by atoms with van der Waals surface area (Å²) in [5.41, 5.74) is 0. The fourth-order valence-corrected chi connectivity index (χ4v) is 1.46. The van der Waals surface area contributed by atoms with Gasteiger partial charge in [-0.1, -0.05) is 51.7 Å². The number of hydrogen-bond acceptors (Lipinski definition) is 2. The van der Waals surface area contributed by atoms with Crippen LogP contribution in [0.4, 0.5) is 0 Å². The summed E-state index contributed by atoms with van der Waals surface area (Å²) in [4.78, 5) is 20.3. The van der Waals surface area contributed by atoms with Crippen LogP contribution in [0.2, 0.25) is 0 Å². The molecular weight excluding hydrogens is 252 g/mol. The van der Waals surface area contributed by atoms with Crippen LogP contribution in [0.25, 0.3) is 0 Å². The first-order valence-electron chi connectivity index (χ1n) is 7.61. The quantitative estimate of drug-likeness (QED) is 0.457. The number of carboxylic acids is 1. The van der Waals surface area contributed by atoms with E-state index in [2.05, 4.69) is 13.8 Å². The molecule has 116 valence electrons. The fourth-order valence-electron chi connectivity index (χ4n) is 1.46. The Morgan fingerprint density at radius 2 is 1.30 bits per heavy atom. The number of aliphatic carboxylic acids is 1. The molecule has 0 aromatic rings. The molecule has 0 aliphatic heterocycles. The highest BCUT2D eigenvalue weighted by atomic mass is 16.4. The molecule has 0 saturated heterocycles. The number of carbonyl (C=O) groups is 2. The Morgan fingerprint density at radius 3 is 1.65 bits per heavy atom. The van der Waals surface area contributed by atoms with Gasteiger partial charge in [-0.05, 0) is 38.7 Å². The third kappa shape index (κ3) is 25.5. The monoisotopic (exact) mass is 282 g/mol. The summed E-state index contributed by atoms with van der Waals surface area (Å²) in [6, 6.07) is 0. The zero-order chi connectivity index (χ0) is 15.6. The van der Waals surface area contributed by atoms with Crippen molar-refractivity contribution in [2.75, 3.05) is 0 Å². The fraction of sp³-hybridized carbons (Fsp3) is 0.647. The maximum atomic E-state index is 10.4. The van der Waals surface area contributed by atoms with Gasteiger partial charge in [0.05, 0.1) is 0 Å². The molecule has 0 aliphatic rings. The minimum absolute atomic E-state index is 0.150. The van der Waals surface area contributed by atoms with Gasteiger partial charge in [0.1, 0.15) is 0 Å². The average molecular weight is 282 g/mol. The first-order valence-corrected chi connectivity index (χ1v) is 7.61. The summed E-state index contributed by atoms with van der Waals surface area (Å²) in [5, 5.41) is 8.18. The number of rotatable bonds is 10. The van der Waals surface area contributed by atoms with Gasteiger partial charge in [-0.3, -0.25) is 4.79 Å². The molecule has 0 unspecified atom stereocenters. The van der Waals surface area contributed by atoms with Crippen LogP contribution in [0.1, 0.15) is 72.1 Å². The van der Waals surface area contributed by atoms with E-state index in [1.807, 2.05) is 6.08 Å². The smallest absolute Gasteiger partial charge is 0.327 e. The van der Waals surface area contributed by atoms with Crippen molar-refractivity contribution in [3.8, 4) is 0 Å². The molecule has 3 nitrogen and oxygen atoms in total. The lowest BCUT2D eigenvalue weighted by Gasteiger charge is -1.89. The topological polar surface area (TPSA) is 54.4 Å². The lowest BCUT2D eigenvalue weighted by molar-refractivity contribution is -0.131. The second-order valence-corrected chi connectivity index (χ2v) is 4.75. The Morgan fingerprint density at radius 1 is 0.850 bits per heavy atom. The Kier molecular flexibility index (Phi) is 18.4. The van der Waals surface area contributed by atoms with Crippen molar-refractivity contribution in [2.24, 2.45) is 0 Å². The largest absolute Gasteiger partial charge is 0.478 e. The normalized spacial score (nSPS) is 10.6. The number of allylic oxidation sites excluding steroid dienone is 3. The molecule has 0 heterocycles. The Balaban J connectivity index is 0. The Bertz CT molecular complexity index is 261. The molecule has 0 fully saturated rings. The number of unbranched alkanes of at least 4 members (excludes halogenated alkanes) is 6. The molecule has 20 heavy (non-hydrogen) atoms. The molecule has 0 aromatic carbocycles. The van der Waals surface area contributed by atoms with Crippen LogP contribution in [0.5, 0.6) is 0 Å². The van der Waals surface area contributed by atoms with Crippen LogP contribution in [0.15, 0.2) is 24.3 Å². The Hall–Kier alpha value is -1.38. The average Bonchev–Trinajstić information content (AvgIpc) is 2.38. The van der Waals surface area contributed by atoms with Gasteiger partial charge in [0.15, 0.2) is 5.78 Å². The minimum atomic E-state index is -0.850. The Labute approximate surface area is 123 Å². The molecular formula is C17H30O3. The summed E-state index contributed by atoms with van der Waals surface area (Å²) >= 11 is 0. The van der Waals surface area contributed by atoms with Gasteiger partial charge in [0, 0.05) is 6.08 Å². The predicted octanol–water partition coefficient (Wildman–Crippen LogP) is 4.92. The molecule has 0 atom stereocenters. The highest BCUT2D eigenvalue weighted by molar-refractivity contribution is 5.87. The second kappa shape index (κ2) is 17.6. The summed E-state index contributed by atoms with van der Waals surface area (Å²) < 4.78 is 0. The van der Waals surface area contributed by atoms with Crippen LogP contribution in [-0.2, 0) is 9.59 Å². The number of carboxylic acid groups (broad SMARTS) is 1.